The number of hydrogen-bond acceptors (Lipinski definition) is 4. The van der Waals surface area contributed by atoms with Crippen molar-refractivity contribution in [2.24, 2.45) is 0 Å². The number of pyridine rings is 1. The zero-order valence-corrected chi connectivity index (χ0v) is 10.1. The molecule has 0 radical (unpaired) electrons. The van der Waals surface area contributed by atoms with E-state index >= 15 is 0 Å². The number of halogens is 1. The van der Waals surface area contributed by atoms with Crippen molar-refractivity contribution in [1.29, 1.82) is 0 Å². The summed E-state index contributed by atoms with van der Waals surface area (Å²) in [4.78, 5) is 15.5. The molecular formula is C12H10ClNO3. The molecule has 4 nitrogen and oxygen atoms in total. The number of nitrogens with zero attached hydrogens (tertiary/aromatic N) is 1. The fourth-order valence-corrected chi connectivity index (χ4v) is 1.82. The fraction of sp³-hybridized carbons (Fsp3) is 0.167. The van der Waals surface area contributed by atoms with Crippen molar-refractivity contribution >= 4 is 28.3 Å². The predicted octanol–water partition coefficient (Wildman–Crippen LogP) is 2.68. The summed E-state index contributed by atoms with van der Waals surface area (Å²) in [6, 6.07) is 5.12. The fourth-order valence-electron chi connectivity index (χ4n) is 1.60. The van der Waals surface area contributed by atoms with E-state index < -0.39 is 5.97 Å². The van der Waals surface area contributed by atoms with Crippen molar-refractivity contribution in [3.8, 4) is 5.75 Å². The van der Waals surface area contributed by atoms with E-state index in [2.05, 4.69) is 4.98 Å². The first-order chi connectivity index (χ1) is 8.17. The van der Waals surface area contributed by atoms with Crippen LogP contribution in [-0.2, 0) is 4.74 Å². The Balaban J connectivity index is 2.73. The monoisotopic (exact) mass is 251 g/mol. The average Bonchev–Trinajstić information content (AvgIpc) is 2.37. The van der Waals surface area contributed by atoms with E-state index in [0.717, 1.165) is 10.8 Å². The summed E-state index contributed by atoms with van der Waals surface area (Å²) in [5, 5.41) is 1.92. The number of carbonyl (C=O) groups excluding carboxylic acids is 1. The lowest BCUT2D eigenvalue weighted by atomic mass is 10.1. The number of benzene rings is 1. The van der Waals surface area contributed by atoms with Gasteiger partial charge in [0.2, 0.25) is 0 Å². The van der Waals surface area contributed by atoms with Crippen molar-refractivity contribution in [2.45, 2.75) is 0 Å². The van der Waals surface area contributed by atoms with E-state index in [1.807, 2.05) is 0 Å². The van der Waals surface area contributed by atoms with E-state index in [9.17, 15) is 4.79 Å². The normalized spacial score (nSPS) is 10.3. The van der Waals surface area contributed by atoms with Gasteiger partial charge < -0.3 is 9.47 Å². The number of fused-ring (bicyclic) bond motifs is 1. The van der Waals surface area contributed by atoms with Crippen LogP contribution in [0.25, 0.3) is 10.8 Å². The molecule has 1 aromatic carbocycles. The van der Waals surface area contributed by atoms with Gasteiger partial charge in [0.15, 0.2) is 0 Å². The van der Waals surface area contributed by atoms with E-state index in [1.165, 1.54) is 14.2 Å². The molecule has 0 spiro atoms. The lowest BCUT2D eigenvalue weighted by molar-refractivity contribution is 0.0597. The Morgan fingerprint density at radius 1 is 1.35 bits per heavy atom. The van der Waals surface area contributed by atoms with Gasteiger partial charge in [0.25, 0.3) is 0 Å². The summed E-state index contributed by atoms with van der Waals surface area (Å²) in [6.45, 7) is 0. The van der Waals surface area contributed by atoms with Gasteiger partial charge in [-0.25, -0.2) is 9.78 Å². The van der Waals surface area contributed by atoms with Gasteiger partial charge in [-0.15, -0.1) is 0 Å². The Bertz CT molecular complexity index is 583. The molecule has 0 aliphatic heterocycles. The van der Waals surface area contributed by atoms with Gasteiger partial charge in [-0.1, -0.05) is 11.6 Å². The Kier molecular flexibility index (Phi) is 3.15. The molecule has 0 aliphatic rings. The number of aromatic nitrogens is 1. The molecule has 1 heterocycles. The largest absolute Gasteiger partial charge is 0.496 e. The van der Waals surface area contributed by atoms with Crippen LogP contribution < -0.4 is 4.74 Å². The standard InChI is InChI=1S/C12H10ClNO3/c1-16-10-6-8-7(3-4-14-11(8)13)5-9(10)12(15)17-2/h3-6H,1-2H3. The minimum atomic E-state index is -0.448. The molecule has 0 unspecified atom stereocenters. The lowest BCUT2D eigenvalue weighted by Gasteiger charge is -2.09. The van der Waals surface area contributed by atoms with Crippen LogP contribution >= 0.6 is 11.6 Å². The van der Waals surface area contributed by atoms with Gasteiger partial charge in [0.1, 0.15) is 16.5 Å². The maximum atomic E-state index is 11.6. The zero-order valence-electron chi connectivity index (χ0n) is 9.36. The molecule has 2 aromatic rings. The summed E-state index contributed by atoms with van der Waals surface area (Å²) in [6.07, 6.45) is 1.58. The van der Waals surface area contributed by atoms with E-state index in [0.29, 0.717) is 16.5 Å². The summed E-state index contributed by atoms with van der Waals surface area (Å²) in [5.74, 6) is -0.0315. The van der Waals surface area contributed by atoms with Crippen LogP contribution in [0.3, 0.4) is 0 Å². The molecule has 1 aromatic heterocycles. The SMILES string of the molecule is COC(=O)c1cc2ccnc(Cl)c2cc1OC. The van der Waals surface area contributed by atoms with Gasteiger partial charge in [0.05, 0.1) is 14.2 Å². The van der Waals surface area contributed by atoms with E-state index in [1.54, 1.807) is 24.4 Å². The number of carbonyl (C=O) groups is 1. The van der Waals surface area contributed by atoms with Crippen LogP contribution in [0.1, 0.15) is 10.4 Å². The number of esters is 1. The highest BCUT2D eigenvalue weighted by molar-refractivity contribution is 6.34. The molecular weight excluding hydrogens is 242 g/mol. The van der Waals surface area contributed by atoms with Gasteiger partial charge in [-0.05, 0) is 23.6 Å². The molecule has 5 heteroatoms. The molecule has 0 N–H and O–H groups in total. The third-order valence-corrected chi connectivity index (χ3v) is 2.74. The van der Waals surface area contributed by atoms with E-state index in [4.69, 9.17) is 21.1 Å². The molecule has 0 bridgehead atoms. The first kappa shape index (κ1) is 11.7. The van der Waals surface area contributed by atoms with Crippen molar-refractivity contribution in [3.63, 3.8) is 0 Å². The van der Waals surface area contributed by atoms with Gasteiger partial charge in [0, 0.05) is 11.6 Å². The van der Waals surface area contributed by atoms with Gasteiger partial charge in [-0.2, -0.15) is 0 Å². The second-order valence-electron chi connectivity index (χ2n) is 3.37. The van der Waals surface area contributed by atoms with Crippen LogP contribution in [-0.4, -0.2) is 25.2 Å². The maximum absolute atomic E-state index is 11.6. The predicted molar refractivity (Wildman–Crippen MR) is 64.6 cm³/mol. The summed E-state index contributed by atoms with van der Waals surface area (Å²) >= 11 is 5.97. The molecule has 0 atom stereocenters. The van der Waals surface area contributed by atoms with E-state index in [-0.39, 0.29) is 0 Å². The van der Waals surface area contributed by atoms with Crippen LogP contribution in [0.2, 0.25) is 5.15 Å². The Morgan fingerprint density at radius 3 is 2.76 bits per heavy atom. The zero-order chi connectivity index (χ0) is 12.4. The topological polar surface area (TPSA) is 48.4 Å². The first-order valence-corrected chi connectivity index (χ1v) is 5.25. The summed E-state index contributed by atoms with van der Waals surface area (Å²) < 4.78 is 9.83. The minimum Gasteiger partial charge on any atom is -0.496 e. The highest BCUT2D eigenvalue weighted by Crippen LogP contribution is 2.29. The number of methoxy groups -OCH3 is 2. The van der Waals surface area contributed by atoms with Crippen molar-refractivity contribution in [1.82, 2.24) is 4.98 Å². The van der Waals surface area contributed by atoms with Crippen LogP contribution in [0.15, 0.2) is 24.4 Å². The number of hydrogen-bond donors (Lipinski definition) is 0. The molecule has 0 amide bonds. The molecule has 0 aliphatic carbocycles. The first-order valence-electron chi connectivity index (χ1n) is 4.88. The van der Waals surface area contributed by atoms with Crippen molar-refractivity contribution in [2.75, 3.05) is 14.2 Å². The second kappa shape index (κ2) is 4.59. The Hall–Kier alpha value is -1.81. The molecule has 0 saturated heterocycles. The maximum Gasteiger partial charge on any atom is 0.341 e. The van der Waals surface area contributed by atoms with Crippen LogP contribution in [0.4, 0.5) is 0 Å². The quantitative estimate of drug-likeness (QED) is 0.608. The summed E-state index contributed by atoms with van der Waals surface area (Å²) in [5.41, 5.74) is 0.366. The van der Waals surface area contributed by atoms with Gasteiger partial charge >= 0.3 is 5.97 Å². The third kappa shape index (κ3) is 2.03. The average molecular weight is 252 g/mol. The van der Waals surface area contributed by atoms with Crippen molar-refractivity contribution in [3.05, 3.63) is 35.1 Å². The highest BCUT2D eigenvalue weighted by atomic mass is 35.5. The molecule has 0 saturated carbocycles. The number of rotatable bonds is 2. The summed E-state index contributed by atoms with van der Waals surface area (Å²) in [7, 11) is 2.81. The molecule has 0 fully saturated rings. The van der Waals surface area contributed by atoms with Gasteiger partial charge in [-0.3, -0.25) is 0 Å². The third-order valence-electron chi connectivity index (χ3n) is 2.44. The van der Waals surface area contributed by atoms with Crippen LogP contribution in [0.5, 0.6) is 5.75 Å². The van der Waals surface area contributed by atoms with Crippen molar-refractivity contribution < 1.29 is 14.3 Å². The van der Waals surface area contributed by atoms with Crippen LogP contribution in [0, 0.1) is 0 Å². The molecule has 88 valence electrons. The Morgan fingerprint density at radius 2 is 2.12 bits per heavy atom. The smallest absolute Gasteiger partial charge is 0.341 e. The molecule has 17 heavy (non-hydrogen) atoms. The highest BCUT2D eigenvalue weighted by Gasteiger charge is 2.15. The molecule has 2 rings (SSSR count). The number of ether oxygens (including phenoxy) is 2. The Labute approximate surface area is 103 Å². The minimum absolute atomic E-state index is 0.366. The second-order valence-corrected chi connectivity index (χ2v) is 3.72. The lowest BCUT2D eigenvalue weighted by Crippen LogP contribution is -2.04.